The fraction of sp³-hybridized carbons (Fsp3) is 0. The molecule has 0 radical (unpaired) electrons. The van der Waals surface area contributed by atoms with Crippen LogP contribution in [0.2, 0.25) is 0 Å². The molecular weight excluding hydrogens is 661 g/mol. The fourth-order valence-electron chi connectivity index (χ4n) is 6.43. The number of hydrogen-bond donors (Lipinski definition) is 0. The molecule has 0 unspecified atom stereocenters. The molecule has 0 saturated carbocycles. The number of benzene rings is 5. The molecule has 0 aliphatic carbocycles. The fourth-order valence-corrected chi connectivity index (χ4v) is 6.43. The Hall–Kier alpha value is -7.44. The van der Waals surface area contributed by atoms with Gasteiger partial charge in [-0.05, 0) is 69.8 Å². The van der Waals surface area contributed by atoms with Crippen molar-refractivity contribution in [1.29, 1.82) is 0 Å². The van der Waals surface area contributed by atoms with Crippen LogP contribution in [-0.4, -0.2) is 29.9 Å². The zero-order valence-corrected chi connectivity index (χ0v) is 29.2. The summed E-state index contributed by atoms with van der Waals surface area (Å²) < 4.78 is 0. The van der Waals surface area contributed by atoms with Gasteiger partial charge in [-0.1, -0.05) is 146 Å². The van der Waals surface area contributed by atoms with Crippen molar-refractivity contribution in [3.8, 4) is 90.3 Å². The Morgan fingerprint density at radius 2 is 0.630 bits per heavy atom. The highest BCUT2D eigenvalue weighted by molar-refractivity contribution is 5.76. The van der Waals surface area contributed by atoms with Gasteiger partial charge in [-0.2, -0.15) is 0 Å². The van der Waals surface area contributed by atoms with E-state index >= 15 is 0 Å². The van der Waals surface area contributed by atoms with E-state index in [0.29, 0.717) is 17.5 Å². The third-order valence-corrected chi connectivity index (χ3v) is 9.28. The van der Waals surface area contributed by atoms with Gasteiger partial charge >= 0.3 is 0 Å². The van der Waals surface area contributed by atoms with Gasteiger partial charge in [0, 0.05) is 29.1 Å². The van der Waals surface area contributed by atoms with Crippen molar-refractivity contribution < 1.29 is 0 Å². The summed E-state index contributed by atoms with van der Waals surface area (Å²) in [7, 11) is 0. The molecule has 0 aliphatic heterocycles. The summed E-state index contributed by atoms with van der Waals surface area (Å²) in [5, 5.41) is 0. The monoisotopic (exact) mass is 692 g/mol. The van der Waals surface area contributed by atoms with E-state index in [2.05, 4.69) is 102 Å². The number of nitrogens with zero attached hydrogens (tertiary/aromatic N) is 6. The Balaban J connectivity index is 1.10. The van der Waals surface area contributed by atoms with Crippen molar-refractivity contribution in [2.24, 2.45) is 0 Å². The minimum absolute atomic E-state index is 0.536. The quantitative estimate of drug-likeness (QED) is 0.158. The molecule has 0 N–H and O–H groups in total. The summed E-state index contributed by atoms with van der Waals surface area (Å²) in [6.07, 6.45) is 3.60. The lowest BCUT2D eigenvalue weighted by Gasteiger charge is -2.11. The van der Waals surface area contributed by atoms with Crippen molar-refractivity contribution in [1.82, 2.24) is 29.9 Å². The average molecular weight is 693 g/mol. The minimum Gasteiger partial charge on any atom is -0.255 e. The zero-order valence-electron chi connectivity index (χ0n) is 29.2. The summed E-state index contributed by atoms with van der Waals surface area (Å²) in [5.41, 5.74) is 12.3. The second-order valence-corrected chi connectivity index (χ2v) is 12.8. The van der Waals surface area contributed by atoms with Crippen LogP contribution in [0.4, 0.5) is 0 Å². The molecule has 54 heavy (non-hydrogen) atoms. The van der Waals surface area contributed by atoms with Crippen molar-refractivity contribution in [2.45, 2.75) is 0 Å². The molecule has 5 aromatic carbocycles. The highest BCUT2D eigenvalue weighted by Gasteiger charge is 2.15. The van der Waals surface area contributed by atoms with E-state index in [4.69, 9.17) is 24.9 Å². The Morgan fingerprint density at radius 1 is 0.241 bits per heavy atom. The van der Waals surface area contributed by atoms with Gasteiger partial charge in [0.05, 0.1) is 22.8 Å². The van der Waals surface area contributed by atoms with Crippen LogP contribution in [-0.2, 0) is 0 Å². The van der Waals surface area contributed by atoms with Crippen molar-refractivity contribution >= 4 is 0 Å². The molecule has 0 saturated heterocycles. The first-order chi connectivity index (χ1) is 26.7. The first-order valence-electron chi connectivity index (χ1n) is 17.8. The number of pyridine rings is 3. The maximum Gasteiger partial charge on any atom is 0.165 e. The van der Waals surface area contributed by atoms with Crippen molar-refractivity contribution in [2.75, 3.05) is 0 Å². The Morgan fingerprint density at radius 3 is 1.07 bits per heavy atom. The first kappa shape index (κ1) is 32.5. The zero-order chi connectivity index (χ0) is 36.1. The van der Waals surface area contributed by atoms with Gasteiger partial charge < -0.3 is 0 Å². The van der Waals surface area contributed by atoms with E-state index < -0.39 is 0 Å². The van der Waals surface area contributed by atoms with Crippen LogP contribution in [0.3, 0.4) is 0 Å². The van der Waals surface area contributed by atoms with Crippen LogP contribution in [0.25, 0.3) is 90.3 Å². The van der Waals surface area contributed by atoms with Gasteiger partial charge in [0.1, 0.15) is 0 Å². The number of hydrogen-bond acceptors (Lipinski definition) is 6. The van der Waals surface area contributed by atoms with Gasteiger partial charge in [0.15, 0.2) is 17.5 Å². The SMILES string of the molecule is c1ccc(-c2ccc(-c3nc(-c4ccc(-c5ccccc5)cc4)nc(-c4ccc(-c5cc(-c6ccccc6)cc(-c6ccccn6)n5)nc4)n3)cc2)cc1. The molecule has 9 rings (SSSR count). The third kappa shape index (κ3) is 6.92. The molecule has 6 nitrogen and oxygen atoms in total. The van der Waals surface area contributed by atoms with E-state index in [1.54, 1.807) is 6.20 Å². The van der Waals surface area contributed by atoms with Crippen LogP contribution in [0.5, 0.6) is 0 Å². The van der Waals surface area contributed by atoms with Crippen LogP contribution in [0.15, 0.2) is 194 Å². The lowest BCUT2D eigenvalue weighted by Crippen LogP contribution is -2.01. The van der Waals surface area contributed by atoms with Gasteiger partial charge in [-0.3, -0.25) is 9.97 Å². The smallest absolute Gasteiger partial charge is 0.165 e. The average Bonchev–Trinajstić information content (AvgIpc) is 3.27. The molecule has 0 atom stereocenters. The predicted octanol–water partition coefficient (Wildman–Crippen LogP) is 11.4. The second kappa shape index (κ2) is 14.7. The van der Waals surface area contributed by atoms with Crippen LogP contribution >= 0.6 is 0 Å². The van der Waals surface area contributed by atoms with Crippen LogP contribution < -0.4 is 0 Å². The minimum atomic E-state index is 0.536. The Labute approximate surface area is 313 Å². The summed E-state index contributed by atoms with van der Waals surface area (Å²) >= 11 is 0. The van der Waals surface area contributed by atoms with E-state index in [1.807, 2.05) is 91.1 Å². The molecule has 0 aliphatic rings. The summed E-state index contributed by atoms with van der Waals surface area (Å²) in [6.45, 7) is 0. The van der Waals surface area contributed by atoms with Crippen molar-refractivity contribution in [3.05, 3.63) is 194 Å². The molecule has 0 bridgehead atoms. The highest BCUT2D eigenvalue weighted by atomic mass is 15.0. The van der Waals surface area contributed by atoms with E-state index in [-0.39, 0.29) is 0 Å². The molecule has 0 amide bonds. The topological polar surface area (TPSA) is 77.3 Å². The highest BCUT2D eigenvalue weighted by Crippen LogP contribution is 2.31. The predicted molar refractivity (Wildman–Crippen MR) is 217 cm³/mol. The van der Waals surface area contributed by atoms with Crippen molar-refractivity contribution in [3.63, 3.8) is 0 Å². The summed E-state index contributed by atoms with van der Waals surface area (Å²) in [5.74, 6) is 1.71. The molecule has 0 spiro atoms. The molecule has 254 valence electrons. The van der Waals surface area contributed by atoms with Gasteiger partial charge in [0.25, 0.3) is 0 Å². The summed E-state index contributed by atoms with van der Waals surface area (Å²) in [4.78, 5) is 29.5. The van der Waals surface area contributed by atoms with E-state index in [1.165, 1.54) is 0 Å². The molecular formula is C48H32N6. The molecule has 4 aromatic heterocycles. The molecule has 9 aromatic rings. The molecule has 0 fully saturated rings. The lowest BCUT2D eigenvalue weighted by molar-refractivity contribution is 1.07. The number of aromatic nitrogens is 6. The van der Waals surface area contributed by atoms with Crippen LogP contribution in [0.1, 0.15) is 0 Å². The second-order valence-electron chi connectivity index (χ2n) is 12.8. The Bertz CT molecular complexity index is 2490. The third-order valence-electron chi connectivity index (χ3n) is 9.28. The van der Waals surface area contributed by atoms with E-state index in [9.17, 15) is 0 Å². The van der Waals surface area contributed by atoms with Crippen LogP contribution in [0, 0.1) is 0 Å². The van der Waals surface area contributed by atoms with E-state index in [0.717, 1.165) is 72.8 Å². The van der Waals surface area contributed by atoms with Gasteiger partial charge in [-0.25, -0.2) is 19.9 Å². The molecule has 6 heteroatoms. The summed E-state index contributed by atoms with van der Waals surface area (Å²) in [6, 6.07) is 61.6. The standard InChI is InChI=1S/C48H32N6/c1-4-12-33(13-5-1)36-19-23-38(24-20-36)46-52-47(39-25-21-37(22-26-39)34-14-6-2-7-15-34)54-48(53-46)40-27-28-43(50-32-40)45-31-41(35-16-8-3-9-17-35)30-44(51-45)42-18-10-11-29-49-42/h1-32H. The molecule has 4 heterocycles. The van der Waals surface area contributed by atoms with Gasteiger partial charge in [0.2, 0.25) is 0 Å². The first-order valence-corrected chi connectivity index (χ1v) is 17.8. The Kier molecular flexibility index (Phi) is 8.81. The normalized spacial score (nSPS) is 11.0. The largest absolute Gasteiger partial charge is 0.255 e. The lowest BCUT2D eigenvalue weighted by atomic mass is 10.0. The maximum absolute atomic E-state index is 5.00. The van der Waals surface area contributed by atoms with Gasteiger partial charge in [-0.15, -0.1) is 0 Å². The number of rotatable bonds is 8. The maximum atomic E-state index is 5.00.